The van der Waals surface area contributed by atoms with Crippen LogP contribution in [0.15, 0.2) is 73.1 Å². The molecule has 4 nitrogen and oxygen atoms in total. The van der Waals surface area contributed by atoms with Crippen molar-refractivity contribution in [2.24, 2.45) is 0 Å². The van der Waals surface area contributed by atoms with E-state index in [0.29, 0.717) is 6.04 Å². The molecule has 1 atom stereocenters. The Morgan fingerprint density at radius 1 is 1.03 bits per heavy atom. The monoisotopic (exact) mass is 385 g/mol. The maximum atomic E-state index is 5.82. The number of benzene rings is 2. The summed E-state index contributed by atoms with van der Waals surface area (Å²) in [7, 11) is 0. The van der Waals surface area contributed by atoms with E-state index in [9.17, 15) is 0 Å². The minimum Gasteiger partial charge on any atom is -0.493 e. The van der Waals surface area contributed by atoms with Crippen LogP contribution in [0.2, 0.25) is 0 Å². The van der Waals surface area contributed by atoms with Gasteiger partial charge >= 0.3 is 0 Å². The third-order valence-corrected chi connectivity index (χ3v) is 5.10. The maximum absolute atomic E-state index is 5.82. The Morgan fingerprint density at radius 2 is 1.83 bits per heavy atom. The summed E-state index contributed by atoms with van der Waals surface area (Å²) in [6.45, 7) is 7.08. The van der Waals surface area contributed by atoms with Gasteiger partial charge in [0.25, 0.3) is 0 Å². The topological polar surface area (TPSA) is 38.6 Å². The van der Waals surface area contributed by atoms with Crippen LogP contribution >= 0.6 is 0 Å². The van der Waals surface area contributed by atoms with Crippen molar-refractivity contribution in [1.82, 2.24) is 9.38 Å². The highest BCUT2D eigenvalue weighted by Gasteiger charge is 2.11. The number of anilines is 1. The molecule has 4 heterocycles. The lowest BCUT2D eigenvalue weighted by molar-refractivity contribution is 0.318. The van der Waals surface area contributed by atoms with Crippen LogP contribution in [0, 0.1) is 6.92 Å². The average molecular weight is 386 g/mol. The van der Waals surface area contributed by atoms with E-state index in [1.807, 2.05) is 30.5 Å². The molecule has 0 saturated carbocycles. The van der Waals surface area contributed by atoms with E-state index < -0.39 is 0 Å². The predicted molar refractivity (Wildman–Crippen MR) is 120 cm³/mol. The molecule has 2 aliphatic rings. The van der Waals surface area contributed by atoms with Gasteiger partial charge in [-0.2, -0.15) is 0 Å². The molecule has 0 fully saturated rings. The fraction of sp³-hybridized carbons (Fsp3) is 0.240. The van der Waals surface area contributed by atoms with Crippen LogP contribution in [0.1, 0.15) is 37.4 Å². The van der Waals surface area contributed by atoms with E-state index in [0.717, 1.165) is 35.7 Å². The van der Waals surface area contributed by atoms with Gasteiger partial charge in [0.15, 0.2) is 0 Å². The van der Waals surface area contributed by atoms with Crippen LogP contribution in [0.25, 0.3) is 16.9 Å². The number of hydrogen-bond donors (Lipinski definition) is 1. The molecule has 2 aliphatic heterocycles. The average Bonchev–Trinajstić information content (AvgIpc) is 3.19. The van der Waals surface area contributed by atoms with Gasteiger partial charge in [-0.05, 0) is 61.7 Å². The fourth-order valence-electron chi connectivity index (χ4n) is 3.50. The van der Waals surface area contributed by atoms with Crippen LogP contribution in [0.5, 0.6) is 5.75 Å². The summed E-state index contributed by atoms with van der Waals surface area (Å²) in [5, 5.41) is 3.32. The zero-order chi connectivity index (χ0) is 20.2. The largest absolute Gasteiger partial charge is 0.493 e. The molecule has 1 N–H and O–H groups in total. The molecule has 6 rings (SSSR count). The first-order valence-electron chi connectivity index (χ1n) is 10.2. The van der Waals surface area contributed by atoms with Crippen molar-refractivity contribution in [3.05, 3.63) is 84.2 Å². The van der Waals surface area contributed by atoms with Gasteiger partial charge in [0.2, 0.25) is 0 Å². The molecule has 4 heteroatoms. The van der Waals surface area contributed by atoms with Gasteiger partial charge in [0.1, 0.15) is 11.4 Å². The SMILES string of the molecule is CC1Nc2ccc1cc2.CCCOc1ccccc1-c1cn2cccc(C)c2n1. The van der Waals surface area contributed by atoms with Crippen molar-refractivity contribution < 1.29 is 4.74 Å². The quantitative estimate of drug-likeness (QED) is 0.450. The van der Waals surface area contributed by atoms with Crippen LogP contribution in [0.3, 0.4) is 0 Å². The minimum atomic E-state index is 0.523. The van der Waals surface area contributed by atoms with E-state index in [4.69, 9.17) is 9.72 Å². The van der Waals surface area contributed by atoms with E-state index in [2.05, 4.69) is 73.1 Å². The summed E-state index contributed by atoms with van der Waals surface area (Å²) in [6, 6.07) is 21.2. The number of para-hydroxylation sites is 1. The molecule has 0 spiro atoms. The Balaban J connectivity index is 0.000000188. The Bertz CT molecular complexity index is 1100. The number of nitrogens with one attached hydrogen (secondary N) is 1. The fourth-order valence-corrected chi connectivity index (χ4v) is 3.50. The molecule has 0 aliphatic carbocycles. The second kappa shape index (κ2) is 8.39. The number of hydrogen-bond acceptors (Lipinski definition) is 3. The Morgan fingerprint density at radius 3 is 2.45 bits per heavy atom. The molecular weight excluding hydrogens is 358 g/mol. The zero-order valence-electron chi connectivity index (χ0n) is 17.2. The third-order valence-electron chi connectivity index (χ3n) is 5.10. The molecule has 0 amide bonds. The molecule has 2 aromatic heterocycles. The minimum absolute atomic E-state index is 0.523. The second-order valence-corrected chi connectivity index (χ2v) is 7.38. The van der Waals surface area contributed by atoms with E-state index in [1.165, 1.54) is 16.8 Å². The first-order valence-corrected chi connectivity index (χ1v) is 10.2. The lowest BCUT2D eigenvalue weighted by Crippen LogP contribution is -2.10. The predicted octanol–water partition coefficient (Wildman–Crippen LogP) is 6.27. The lowest BCUT2D eigenvalue weighted by atomic mass is 10.0. The summed E-state index contributed by atoms with van der Waals surface area (Å²) in [4.78, 5) is 4.73. The molecule has 4 aromatic rings. The summed E-state index contributed by atoms with van der Waals surface area (Å²) in [5.41, 5.74) is 6.77. The van der Waals surface area contributed by atoms with Crippen LogP contribution < -0.4 is 10.1 Å². The van der Waals surface area contributed by atoms with Gasteiger partial charge in [0.05, 0.1) is 12.3 Å². The van der Waals surface area contributed by atoms with Gasteiger partial charge in [0, 0.05) is 29.7 Å². The Kier molecular flexibility index (Phi) is 5.52. The normalized spacial score (nSPS) is 14.2. The summed E-state index contributed by atoms with van der Waals surface area (Å²) in [6.07, 6.45) is 5.07. The number of aromatic nitrogens is 2. The number of rotatable bonds is 4. The maximum Gasteiger partial charge on any atom is 0.140 e. The molecule has 1 unspecified atom stereocenters. The number of nitrogens with zero attached hydrogens (tertiary/aromatic N) is 2. The van der Waals surface area contributed by atoms with Gasteiger partial charge in [-0.1, -0.05) is 37.3 Å². The first-order chi connectivity index (χ1) is 14.2. The first kappa shape index (κ1) is 19.1. The third kappa shape index (κ3) is 4.11. The molecule has 0 saturated heterocycles. The van der Waals surface area contributed by atoms with Gasteiger partial charge in [-0.15, -0.1) is 0 Å². The number of aryl methyl sites for hydroxylation is 1. The van der Waals surface area contributed by atoms with Gasteiger partial charge in [-0.3, -0.25) is 0 Å². The van der Waals surface area contributed by atoms with Crippen molar-refractivity contribution in [3.8, 4) is 17.0 Å². The number of ether oxygens (including phenoxy) is 1. The molecule has 148 valence electrons. The van der Waals surface area contributed by atoms with Crippen LogP contribution in [0.4, 0.5) is 5.69 Å². The van der Waals surface area contributed by atoms with Crippen molar-refractivity contribution >= 4 is 11.3 Å². The molecule has 29 heavy (non-hydrogen) atoms. The number of imidazole rings is 1. The van der Waals surface area contributed by atoms with Crippen molar-refractivity contribution in [2.75, 3.05) is 11.9 Å². The number of pyridine rings is 1. The van der Waals surface area contributed by atoms with Crippen molar-refractivity contribution in [2.45, 2.75) is 33.2 Å². The highest BCUT2D eigenvalue weighted by molar-refractivity contribution is 5.70. The number of fused-ring (bicyclic) bond motifs is 4. The summed E-state index contributed by atoms with van der Waals surface area (Å²) in [5.74, 6) is 0.899. The second-order valence-electron chi connectivity index (χ2n) is 7.38. The van der Waals surface area contributed by atoms with Crippen molar-refractivity contribution in [3.63, 3.8) is 0 Å². The zero-order valence-corrected chi connectivity index (χ0v) is 17.2. The van der Waals surface area contributed by atoms with E-state index in [-0.39, 0.29) is 0 Å². The van der Waals surface area contributed by atoms with Crippen LogP contribution in [-0.2, 0) is 0 Å². The molecule has 2 bridgehead atoms. The Hall–Kier alpha value is -3.27. The molecular formula is C25H27N3O. The van der Waals surface area contributed by atoms with Gasteiger partial charge in [-0.25, -0.2) is 4.98 Å². The van der Waals surface area contributed by atoms with Crippen molar-refractivity contribution in [1.29, 1.82) is 0 Å². The highest BCUT2D eigenvalue weighted by atomic mass is 16.5. The van der Waals surface area contributed by atoms with Crippen LogP contribution in [-0.4, -0.2) is 16.0 Å². The lowest BCUT2D eigenvalue weighted by Gasteiger charge is -2.21. The highest BCUT2D eigenvalue weighted by Crippen LogP contribution is 2.30. The molecule has 0 radical (unpaired) electrons. The van der Waals surface area contributed by atoms with E-state index in [1.54, 1.807) is 0 Å². The summed E-state index contributed by atoms with van der Waals surface area (Å²) < 4.78 is 7.87. The summed E-state index contributed by atoms with van der Waals surface area (Å²) >= 11 is 0. The van der Waals surface area contributed by atoms with Gasteiger partial charge < -0.3 is 14.5 Å². The Labute approximate surface area is 172 Å². The molecule has 2 aromatic carbocycles. The smallest absolute Gasteiger partial charge is 0.140 e. The standard InChI is InChI=1S/C17H18N2O.C8H9N/c1-3-11-20-16-9-5-4-8-14(16)15-12-19-10-6-7-13(2)17(19)18-15;1-6-7-2-4-8(9-6)5-3-7/h4-10,12H,3,11H2,1-2H3;2-6,9H,1H3. The van der Waals surface area contributed by atoms with E-state index >= 15 is 0 Å².